The lowest BCUT2D eigenvalue weighted by atomic mass is 9.82. The predicted molar refractivity (Wildman–Crippen MR) is 86.7 cm³/mol. The molecule has 3 fully saturated rings. The van der Waals surface area contributed by atoms with E-state index >= 15 is 0 Å². The SMILES string of the molecule is CCOC(=O)C1(c2nccc(NS(=O)(=O)C3CC3)n2)CC2CC2C1. The van der Waals surface area contributed by atoms with E-state index in [4.69, 9.17) is 4.74 Å². The van der Waals surface area contributed by atoms with Crippen LogP contribution in [-0.4, -0.2) is 36.2 Å². The Morgan fingerprint density at radius 2 is 2.08 bits per heavy atom. The third-order valence-corrected chi connectivity index (χ3v) is 7.09. The third kappa shape index (κ3) is 2.66. The Morgan fingerprint density at radius 3 is 2.71 bits per heavy atom. The summed E-state index contributed by atoms with van der Waals surface area (Å²) in [5, 5.41) is -0.325. The summed E-state index contributed by atoms with van der Waals surface area (Å²) in [7, 11) is -3.39. The number of fused-ring (bicyclic) bond motifs is 1. The van der Waals surface area contributed by atoms with Crippen molar-refractivity contribution in [3.05, 3.63) is 18.1 Å². The van der Waals surface area contributed by atoms with Gasteiger partial charge < -0.3 is 4.74 Å². The van der Waals surface area contributed by atoms with Gasteiger partial charge in [-0.2, -0.15) is 0 Å². The van der Waals surface area contributed by atoms with E-state index in [1.807, 2.05) is 0 Å². The van der Waals surface area contributed by atoms with Crippen LogP contribution in [0.4, 0.5) is 5.82 Å². The first-order valence-electron chi connectivity index (χ1n) is 8.47. The van der Waals surface area contributed by atoms with E-state index in [2.05, 4.69) is 14.7 Å². The van der Waals surface area contributed by atoms with Crippen LogP contribution in [0.1, 0.15) is 44.9 Å². The van der Waals surface area contributed by atoms with E-state index in [0.717, 1.165) is 6.42 Å². The molecule has 0 spiro atoms. The summed E-state index contributed by atoms with van der Waals surface area (Å²) in [4.78, 5) is 21.3. The van der Waals surface area contributed by atoms with Gasteiger partial charge in [0, 0.05) is 6.20 Å². The molecule has 3 aliphatic carbocycles. The molecule has 7 nitrogen and oxygen atoms in total. The lowest BCUT2D eigenvalue weighted by Gasteiger charge is -2.27. The van der Waals surface area contributed by atoms with Crippen molar-refractivity contribution in [2.45, 2.75) is 49.7 Å². The second-order valence-corrected chi connectivity index (χ2v) is 9.04. The Hall–Kier alpha value is -1.70. The van der Waals surface area contributed by atoms with Crippen molar-refractivity contribution < 1.29 is 17.9 Å². The van der Waals surface area contributed by atoms with Crippen LogP contribution in [0.25, 0.3) is 0 Å². The van der Waals surface area contributed by atoms with Gasteiger partial charge in [0.2, 0.25) is 10.0 Å². The van der Waals surface area contributed by atoms with Gasteiger partial charge in [-0.25, -0.2) is 18.4 Å². The Labute approximate surface area is 141 Å². The van der Waals surface area contributed by atoms with Crippen molar-refractivity contribution in [1.29, 1.82) is 0 Å². The minimum atomic E-state index is -3.39. The first-order valence-corrected chi connectivity index (χ1v) is 10.0. The molecule has 1 aromatic rings. The maximum absolute atomic E-state index is 12.6. The number of carbonyl (C=O) groups excluding carboxylic acids is 1. The van der Waals surface area contributed by atoms with Crippen LogP contribution in [0.3, 0.4) is 0 Å². The largest absolute Gasteiger partial charge is 0.465 e. The topological polar surface area (TPSA) is 98.2 Å². The number of aromatic nitrogens is 2. The number of esters is 1. The van der Waals surface area contributed by atoms with Crippen molar-refractivity contribution in [2.75, 3.05) is 11.3 Å². The molecule has 3 aliphatic rings. The minimum absolute atomic E-state index is 0.233. The van der Waals surface area contributed by atoms with Gasteiger partial charge in [-0.05, 0) is 56.9 Å². The van der Waals surface area contributed by atoms with Crippen molar-refractivity contribution in [3.63, 3.8) is 0 Å². The summed E-state index contributed by atoms with van der Waals surface area (Å²) < 4.78 is 32.0. The highest BCUT2D eigenvalue weighted by molar-refractivity contribution is 7.93. The molecule has 3 saturated carbocycles. The van der Waals surface area contributed by atoms with Gasteiger partial charge in [-0.1, -0.05) is 0 Å². The van der Waals surface area contributed by atoms with E-state index in [9.17, 15) is 13.2 Å². The lowest BCUT2D eigenvalue weighted by molar-refractivity contribution is -0.150. The molecular weight excluding hydrogens is 330 g/mol. The second-order valence-electron chi connectivity index (χ2n) is 7.08. The summed E-state index contributed by atoms with van der Waals surface area (Å²) in [5.74, 6) is 1.38. The monoisotopic (exact) mass is 351 g/mol. The fraction of sp³-hybridized carbons (Fsp3) is 0.688. The molecule has 2 unspecified atom stereocenters. The molecule has 0 aliphatic heterocycles. The summed E-state index contributed by atoms with van der Waals surface area (Å²) in [6.45, 7) is 2.09. The fourth-order valence-electron chi connectivity index (χ4n) is 3.75. The molecule has 1 aromatic heterocycles. The van der Waals surface area contributed by atoms with Crippen molar-refractivity contribution in [1.82, 2.24) is 9.97 Å². The summed E-state index contributed by atoms with van der Waals surface area (Å²) in [6.07, 6.45) is 5.41. The zero-order valence-electron chi connectivity index (χ0n) is 13.6. The number of ether oxygens (including phenoxy) is 1. The Bertz CT molecular complexity index is 765. The lowest BCUT2D eigenvalue weighted by Crippen LogP contribution is -2.38. The van der Waals surface area contributed by atoms with E-state index < -0.39 is 15.4 Å². The number of sulfonamides is 1. The first-order chi connectivity index (χ1) is 11.4. The number of nitrogens with one attached hydrogen (secondary N) is 1. The van der Waals surface area contributed by atoms with E-state index in [1.165, 1.54) is 12.3 Å². The molecular formula is C16H21N3O4S. The van der Waals surface area contributed by atoms with E-state index in [0.29, 0.717) is 50.0 Å². The fourth-order valence-corrected chi connectivity index (χ4v) is 5.08. The molecule has 0 bridgehead atoms. The second kappa shape index (κ2) is 5.40. The maximum Gasteiger partial charge on any atom is 0.319 e. The van der Waals surface area contributed by atoms with Gasteiger partial charge in [0.1, 0.15) is 17.1 Å². The minimum Gasteiger partial charge on any atom is -0.465 e. The number of hydrogen-bond acceptors (Lipinski definition) is 6. The van der Waals surface area contributed by atoms with Crippen LogP contribution in [0, 0.1) is 11.8 Å². The summed E-state index contributed by atoms with van der Waals surface area (Å²) >= 11 is 0. The van der Waals surface area contributed by atoms with Gasteiger partial charge in [0.05, 0.1) is 11.9 Å². The first kappa shape index (κ1) is 15.8. The number of rotatable bonds is 6. The molecule has 0 aromatic carbocycles. The number of anilines is 1. The molecule has 2 atom stereocenters. The van der Waals surface area contributed by atoms with Crippen molar-refractivity contribution in [3.8, 4) is 0 Å². The quantitative estimate of drug-likeness (QED) is 0.782. The Morgan fingerprint density at radius 1 is 1.38 bits per heavy atom. The van der Waals surface area contributed by atoms with Crippen molar-refractivity contribution >= 4 is 21.8 Å². The van der Waals surface area contributed by atoms with Gasteiger partial charge >= 0.3 is 5.97 Å². The predicted octanol–water partition coefficient (Wildman–Crippen LogP) is 1.61. The normalized spacial score (nSPS) is 31.4. The molecule has 0 amide bonds. The zero-order chi connectivity index (χ0) is 16.9. The maximum atomic E-state index is 12.6. The summed E-state index contributed by atoms with van der Waals surface area (Å²) in [5.41, 5.74) is -0.829. The average Bonchev–Trinajstić information content (AvgIpc) is 3.46. The highest BCUT2D eigenvalue weighted by Crippen LogP contribution is 2.60. The van der Waals surface area contributed by atoms with Crippen LogP contribution in [0.2, 0.25) is 0 Å². The van der Waals surface area contributed by atoms with Gasteiger partial charge in [0.25, 0.3) is 0 Å². The van der Waals surface area contributed by atoms with Crippen LogP contribution >= 0.6 is 0 Å². The number of nitrogens with zero attached hydrogens (tertiary/aromatic N) is 2. The average molecular weight is 351 g/mol. The highest BCUT2D eigenvalue weighted by atomic mass is 32.2. The molecule has 1 N–H and O–H groups in total. The van der Waals surface area contributed by atoms with Gasteiger partial charge in [-0.3, -0.25) is 9.52 Å². The standard InChI is InChI=1S/C16H21N3O4S/c1-2-23-15(20)16(8-10-7-11(10)9-16)14-17-6-5-13(18-14)19-24(21,22)12-3-4-12/h5-6,10-12H,2-4,7-9H2,1H3,(H,17,18,19). The van der Waals surface area contributed by atoms with Crippen LogP contribution < -0.4 is 4.72 Å². The molecule has 0 saturated heterocycles. The van der Waals surface area contributed by atoms with Crippen LogP contribution in [0.5, 0.6) is 0 Å². The van der Waals surface area contributed by atoms with Crippen LogP contribution in [-0.2, 0) is 25.0 Å². The Balaban J connectivity index is 1.64. The number of carbonyl (C=O) groups is 1. The third-order valence-electron chi connectivity index (χ3n) is 5.25. The molecule has 1 heterocycles. The Kier molecular flexibility index (Phi) is 3.56. The molecule has 4 rings (SSSR count). The van der Waals surface area contributed by atoms with E-state index in [1.54, 1.807) is 6.92 Å². The smallest absolute Gasteiger partial charge is 0.319 e. The number of hydrogen-bond donors (Lipinski definition) is 1. The summed E-state index contributed by atoms with van der Waals surface area (Å²) in [6, 6.07) is 1.53. The molecule has 24 heavy (non-hydrogen) atoms. The zero-order valence-corrected chi connectivity index (χ0v) is 14.4. The molecule has 0 radical (unpaired) electrons. The van der Waals surface area contributed by atoms with Crippen molar-refractivity contribution in [2.24, 2.45) is 11.8 Å². The van der Waals surface area contributed by atoms with Gasteiger partial charge in [-0.15, -0.1) is 0 Å². The van der Waals surface area contributed by atoms with Gasteiger partial charge in [0.15, 0.2) is 0 Å². The highest BCUT2D eigenvalue weighted by Gasteiger charge is 2.60. The molecule has 130 valence electrons. The molecule has 8 heteroatoms. The van der Waals surface area contributed by atoms with Crippen LogP contribution in [0.15, 0.2) is 12.3 Å². The van der Waals surface area contributed by atoms with E-state index in [-0.39, 0.29) is 17.0 Å².